The molecule has 0 amide bonds. The Hall–Kier alpha value is -2.20. The second kappa shape index (κ2) is 5.66. The van der Waals surface area contributed by atoms with Crippen molar-refractivity contribution in [3.05, 3.63) is 17.3 Å². The van der Waals surface area contributed by atoms with Crippen molar-refractivity contribution in [2.75, 3.05) is 6.61 Å². The minimum atomic E-state index is -5.46. The van der Waals surface area contributed by atoms with Gasteiger partial charge in [0.2, 0.25) is 5.88 Å². The average molecular weight is 319 g/mol. The highest BCUT2D eigenvalue weighted by Gasteiger charge is 2.45. The summed E-state index contributed by atoms with van der Waals surface area (Å²) in [5.74, 6) is -4.84. The molecule has 0 aliphatic rings. The molecule has 0 radical (unpaired) electrons. The van der Waals surface area contributed by atoms with Gasteiger partial charge in [0.25, 0.3) is 0 Å². The Bertz CT molecular complexity index is 540. The van der Waals surface area contributed by atoms with Gasteiger partial charge in [-0.25, -0.2) is 9.78 Å². The number of hydrogen-bond acceptors (Lipinski definition) is 5. The van der Waals surface area contributed by atoms with Crippen LogP contribution in [0, 0.1) is 0 Å². The summed E-state index contributed by atoms with van der Waals surface area (Å²) in [4.78, 5) is 14.1. The van der Waals surface area contributed by atoms with E-state index < -0.39 is 41.3 Å². The van der Waals surface area contributed by atoms with Crippen LogP contribution < -0.4 is 4.74 Å². The normalized spacial score (nSPS) is 12.1. The Labute approximate surface area is 113 Å². The molecule has 0 unspecified atom stereocenters. The SMILES string of the molecule is CCOC(=O)c1c(O)cnc(OC(F)(F)F)c1C(F)(F)F. The van der Waals surface area contributed by atoms with Crippen molar-refractivity contribution in [1.29, 1.82) is 0 Å². The first-order valence-corrected chi connectivity index (χ1v) is 5.19. The van der Waals surface area contributed by atoms with Gasteiger partial charge in [-0.3, -0.25) is 0 Å². The van der Waals surface area contributed by atoms with E-state index in [0.29, 0.717) is 0 Å². The fourth-order valence-electron chi connectivity index (χ4n) is 1.34. The second-order valence-electron chi connectivity index (χ2n) is 3.46. The molecule has 5 nitrogen and oxygen atoms in total. The molecule has 118 valence electrons. The number of rotatable bonds is 3. The summed E-state index contributed by atoms with van der Waals surface area (Å²) < 4.78 is 82.2. The summed E-state index contributed by atoms with van der Waals surface area (Å²) in [6.45, 7) is 0.907. The monoisotopic (exact) mass is 319 g/mol. The lowest BCUT2D eigenvalue weighted by atomic mass is 10.1. The Morgan fingerprint density at radius 2 is 1.86 bits per heavy atom. The third-order valence-electron chi connectivity index (χ3n) is 2.00. The average Bonchev–Trinajstić information content (AvgIpc) is 2.27. The van der Waals surface area contributed by atoms with Crippen molar-refractivity contribution in [3.8, 4) is 11.6 Å². The summed E-state index contributed by atoms with van der Waals surface area (Å²) in [5.41, 5.74) is -3.67. The van der Waals surface area contributed by atoms with Gasteiger partial charge in [-0.1, -0.05) is 0 Å². The number of aromatic hydroxyl groups is 1. The van der Waals surface area contributed by atoms with Crippen LogP contribution in [0.25, 0.3) is 0 Å². The smallest absolute Gasteiger partial charge is 0.505 e. The molecule has 1 aromatic heterocycles. The molecule has 21 heavy (non-hydrogen) atoms. The predicted octanol–water partition coefficient (Wildman–Crippen LogP) is 2.88. The molecule has 1 N–H and O–H groups in total. The molecule has 0 saturated heterocycles. The van der Waals surface area contributed by atoms with Gasteiger partial charge in [0.1, 0.15) is 16.9 Å². The van der Waals surface area contributed by atoms with E-state index >= 15 is 0 Å². The highest BCUT2D eigenvalue weighted by Crippen LogP contribution is 2.42. The zero-order valence-electron chi connectivity index (χ0n) is 10.2. The van der Waals surface area contributed by atoms with Crippen LogP contribution in [0.15, 0.2) is 6.20 Å². The standard InChI is InChI=1S/C10H7F6NO4/c1-2-20-8(19)5-4(18)3-17-7(21-10(14,15)16)6(5)9(11,12)13/h3,18H,2H2,1H3. The van der Waals surface area contributed by atoms with Crippen LogP contribution in [0.5, 0.6) is 11.6 Å². The van der Waals surface area contributed by atoms with Crippen molar-refractivity contribution in [2.24, 2.45) is 0 Å². The molecular formula is C10H7F6NO4. The number of aromatic nitrogens is 1. The lowest BCUT2D eigenvalue weighted by molar-refractivity contribution is -0.278. The first-order chi connectivity index (χ1) is 9.47. The summed E-state index contributed by atoms with van der Waals surface area (Å²) in [7, 11) is 0. The molecule has 11 heteroatoms. The van der Waals surface area contributed by atoms with Crippen molar-refractivity contribution >= 4 is 5.97 Å². The molecule has 0 aliphatic carbocycles. The number of nitrogens with zero attached hydrogens (tertiary/aromatic N) is 1. The zero-order valence-corrected chi connectivity index (χ0v) is 10.2. The number of ether oxygens (including phenoxy) is 2. The number of pyridine rings is 1. The molecule has 0 spiro atoms. The molecular weight excluding hydrogens is 312 g/mol. The van der Waals surface area contributed by atoms with Gasteiger partial charge in [0.15, 0.2) is 0 Å². The van der Waals surface area contributed by atoms with Crippen molar-refractivity contribution in [3.63, 3.8) is 0 Å². The number of carbonyl (C=O) groups excluding carboxylic acids is 1. The third kappa shape index (κ3) is 4.13. The fourth-order valence-corrected chi connectivity index (χ4v) is 1.34. The van der Waals surface area contributed by atoms with E-state index in [4.69, 9.17) is 0 Å². The Morgan fingerprint density at radius 3 is 2.29 bits per heavy atom. The first kappa shape index (κ1) is 16.9. The van der Waals surface area contributed by atoms with Gasteiger partial charge in [0.05, 0.1) is 12.8 Å². The van der Waals surface area contributed by atoms with Gasteiger partial charge in [-0.15, -0.1) is 13.2 Å². The van der Waals surface area contributed by atoms with Crippen LogP contribution >= 0.6 is 0 Å². The van der Waals surface area contributed by atoms with Crippen molar-refractivity contribution in [2.45, 2.75) is 19.5 Å². The third-order valence-corrected chi connectivity index (χ3v) is 2.00. The summed E-state index contributed by atoms with van der Waals surface area (Å²) >= 11 is 0. The first-order valence-electron chi connectivity index (χ1n) is 5.19. The van der Waals surface area contributed by atoms with Crippen LogP contribution in [-0.4, -0.2) is 29.0 Å². The molecule has 1 rings (SSSR count). The lowest BCUT2D eigenvalue weighted by Crippen LogP contribution is -2.23. The van der Waals surface area contributed by atoms with Crippen LogP contribution in [0.4, 0.5) is 26.3 Å². The van der Waals surface area contributed by atoms with Crippen LogP contribution in [0.3, 0.4) is 0 Å². The summed E-state index contributed by atoms with van der Waals surface area (Å²) in [5, 5.41) is 9.27. The topological polar surface area (TPSA) is 68.7 Å². The Balaban J connectivity index is 3.54. The highest BCUT2D eigenvalue weighted by atomic mass is 19.4. The van der Waals surface area contributed by atoms with E-state index in [1.54, 1.807) is 0 Å². The zero-order chi connectivity index (χ0) is 16.4. The van der Waals surface area contributed by atoms with Crippen molar-refractivity contribution in [1.82, 2.24) is 4.98 Å². The Kier molecular flexibility index (Phi) is 4.54. The van der Waals surface area contributed by atoms with Gasteiger partial charge in [-0.05, 0) is 6.92 Å². The number of alkyl halides is 6. The number of carbonyl (C=O) groups is 1. The molecule has 0 fully saturated rings. The molecule has 0 aromatic carbocycles. The maximum absolute atomic E-state index is 12.9. The molecule has 0 aliphatic heterocycles. The van der Waals surface area contributed by atoms with E-state index in [2.05, 4.69) is 14.5 Å². The minimum Gasteiger partial charge on any atom is -0.505 e. The molecule has 0 atom stereocenters. The lowest BCUT2D eigenvalue weighted by Gasteiger charge is -2.17. The largest absolute Gasteiger partial charge is 0.574 e. The molecule has 1 heterocycles. The van der Waals surface area contributed by atoms with Gasteiger partial charge in [0, 0.05) is 0 Å². The number of halogens is 6. The quantitative estimate of drug-likeness (QED) is 0.685. The molecule has 0 saturated carbocycles. The number of esters is 1. The molecule has 1 aromatic rings. The van der Waals surface area contributed by atoms with Gasteiger partial charge >= 0.3 is 18.5 Å². The number of hydrogen-bond donors (Lipinski definition) is 1. The van der Waals surface area contributed by atoms with Crippen LogP contribution in [0.2, 0.25) is 0 Å². The van der Waals surface area contributed by atoms with E-state index in [-0.39, 0.29) is 12.8 Å². The van der Waals surface area contributed by atoms with Crippen molar-refractivity contribution < 1.29 is 45.7 Å². The van der Waals surface area contributed by atoms with Crippen LogP contribution in [0.1, 0.15) is 22.8 Å². The van der Waals surface area contributed by atoms with Gasteiger partial charge < -0.3 is 14.6 Å². The maximum atomic E-state index is 12.9. The Morgan fingerprint density at radius 1 is 1.29 bits per heavy atom. The van der Waals surface area contributed by atoms with E-state index in [0.717, 1.165) is 0 Å². The van der Waals surface area contributed by atoms with E-state index in [9.17, 15) is 36.2 Å². The van der Waals surface area contributed by atoms with E-state index in [1.165, 1.54) is 6.92 Å². The summed E-state index contributed by atoms with van der Waals surface area (Å²) in [6, 6.07) is 0. The predicted molar refractivity (Wildman–Crippen MR) is 53.5 cm³/mol. The maximum Gasteiger partial charge on any atom is 0.574 e. The fraction of sp³-hybridized carbons (Fsp3) is 0.400. The van der Waals surface area contributed by atoms with E-state index in [1.807, 2.05) is 0 Å². The second-order valence-corrected chi connectivity index (χ2v) is 3.46. The van der Waals surface area contributed by atoms with Gasteiger partial charge in [-0.2, -0.15) is 13.2 Å². The highest BCUT2D eigenvalue weighted by molar-refractivity contribution is 5.94. The molecule has 0 bridgehead atoms. The summed E-state index contributed by atoms with van der Waals surface area (Å²) in [6.07, 6.45) is -10.7. The van der Waals surface area contributed by atoms with Crippen LogP contribution in [-0.2, 0) is 10.9 Å². The minimum absolute atomic E-state index is 0.225.